The molecule has 0 radical (unpaired) electrons. The molecule has 0 aromatic carbocycles. The Morgan fingerprint density at radius 3 is 2.83 bits per heavy atom. The minimum Gasteiger partial charge on any atom is -0.462 e. The average molecular weight is 168 g/mol. The van der Waals surface area contributed by atoms with E-state index < -0.39 is 0 Å². The van der Waals surface area contributed by atoms with E-state index in [1.165, 1.54) is 25.7 Å². The van der Waals surface area contributed by atoms with E-state index >= 15 is 0 Å². The molecule has 68 valence electrons. The number of ether oxygens (including phenoxy) is 1. The van der Waals surface area contributed by atoms with Crippen LogP contribution in [0, 0.1) is 5.92 Å². The molecule has 0 bridgehead atoms. The number of carbonyl (C=O) groups is 1. The van der Waals surface area contributed by atoms with Gasteiger partial charge in [0, 0.05) is 6.42 Å². The van der Waals surface area contributed by atoms with E-state index in [9.17, 15) is 4.79 Å². The van der Waals surface area contributed by atoms with Crippen LogP contribution in [0.3, 0.4) is 0 Å². The molecule has 0 amide bonds. The fourth-order valence-electron chi connectivity index (χ4n) is 2.37. The second-order valence-corrected chi connectivity index (χ2v) is 3.97. The molecule has 0 aromatic rings. The van der Waals surface area contributed by atoms with Crippen LogP contribution in [-0.2, 0) is 9.53 Å². The predicted octanol–water partition coefficient (Wildman–Crippen LogP) is 2.27. The average Bonchev–Trinajstić information content (AvgIpc) is 2.28. The largest absolute Gasteiger partial charge is 0.462 e. The number of rotatable bonds is 0. The molecule has 2 heteroatoms. The molecule has 0 unspecified atom stereocenters. The van der Waals surface area contributed by atoms with Crippen molar-refractivity contribution < 1.29 is 9.53 Å². The fraction of sp³-hybridized carbons (Fsp3) is 0.900. The highest BCUT2D eigenvalue weighted by atomic mass is 16.5. The summed E-state index contributed by atoms with van der Waals surface area (Å²) in [7, 11) is 0. The van der Waals surface area contributed by atoms with Gasteiger partial charge in [-0.05, 0) is 31.6 Å². The third-order valence-corrected chi connectivity index (χ3v) is 3.09. The summed E-state index contributed by atoms with van der Waals surface area (Å²) in [6.45, 7) is 0. The molecular formula is C10H16O2. The van der Waals surface area contributed by atoms with Crippen LogP contribution < -0.4 is 0 Å². The van der Waals surface area contributed by atoms with Gasteiger partial charge in [0.15, 0.2) is 0 Å². The van der Waals surface area contributed by atoms with Gasteiger partial charge in [-0.25, -0.2) is 0 Å². The zero-order valence-corrected chi connectivity index (χ0v) is 7.42. The van der Waals surface area contributed by atoms with Crippen molar-refractivity contribution in [3.8, 4) is 0 Å². The Morgan fingerprint density at radius 1 is 1.08 bits per heavy atom. The van der Waals surface area contributed by atoms with Crippen molar-refractivity contribution in [3.63, 3.8) is 0 Å². The van der Waals surface area contributed by atoms with Crippen molar-refractivity contribution in [2.45, 2.75) is 51.0 Å². The lowest BCUT2D eigenvalue weighted by atomic mass is 9.90. The number of carbonyl (C=O) groups excluding carboxylic acids is 1. The second kappa shape index (κ2) is 3.46. The van der Waals surface area contributed by atoms with E-state index in [2.05, 4.69) is 0 Å². The summed E-state index contributed by atoms with van der Waals surface area (Å²) in [5.41, 5.74) is 0. The van der Waals surface area contributed by atoms with E-state index in [1.807, 2.05) is 0 Å². The Bertz CT molecular complexity index is 177. The molecule has 12 heavy (non-hydrogen) atoms. The first kappa shape index (κ1) is 8.09. The Kier molecular flexibility index (Phi) is 2.33. The fourth-order valence-corrected chi connectivity index (χ4v) is 2.37. The smallest absolute Gasteiger partial charge is 0.306 e. The summed E-state index contributed by atoms with van der Waals surface area (Å²) in [5.74, 6) is 0.711. The number of hydrogen-bond donors (Lipinski definition) is 0. The number of fused-ring (bicyclic) bond motifs is 1. The van der Waals surface area contributed by atoms with Gasteiger partial charge < -0.3 is 4.74 Å². The van der Waals surface area contributed by atoms with Crippen LogP contribution >= 0.6 is 0 Å². The molecule has 1 aliphatic carbocycles. The van der Waals surface area contributed by atoms with E-state index in [1.54, 1.807) is 0 Å². The SMILES string of the molecule is O=C1CC[C@@H]2CCCCC[C@H]2O1. The molecule has 0 spiro atoms. The highest BCUT2D eigenvalue weighted by Gasteiger charge is 2.31. The van der Waals surface area contributed by atoms with Crippen molar-refractivity contribution in [3.05, 3.63) is 0 Å². The van der Waals surface area contributed by atoms with Crippen LogP contribution in [-0.4, -0.2) is 12.1 Å². The summed E-state index contributed by atoms with van der Waals surface area (Å²) >= 11 is 0. The molecule has 0 N–H and O–H groups in total. The van der Waals surface area contributed by atoms with Gasteiger partial charge in [0.25, 0.3) is 0 Å². The van der Waals surface area contributed by atoms with Crippen molar-refractivity contribution in [1.29, 1.82) is 0 Å². The van der Waals surface area contributed by atoms with Crippen molar-refractivity contribution in [1.82, 2.24) is 0 Å². The Morgan fingerprint density at radius 2 is 1.92 bits per heavy atom. The van der Waals surface area contributed by atoms with Gasteiger partial charge >= 0.3 is 5.97 Å². The maximum absolute atomic E-state index is 11.0. The summed E-state index contributed by atoms with van der Waals surface area (Å²) < 4.78 is 5.33. The lowest BCUT2D eigenvalue weighted by Crippen LogP contribution is -2.31. The quantitative estimate of drug-likeness (QED) is 0.519. The third kappa shape index (κ3) is 1.62. The normalized spacial score (nSPS) is 36.5. The van der Waals surface area contributed by atoms with E-state index in [4.69, 9.17) is 4.74 Å². The van der Waals surface area contributed by atoms with Crippen LogP contribution in [0.4, 0.5) is 0 Å². The maximum Gasteiger partial charge on any atom is 0.306 e. The molecule has 1 heterocycles. The predicted molar refractivity (Wildman–Crippen MR) is 45.7 cm³/mol. The van der Waals surface area contributed by atoms with Gasteiger partial charge in [-0.2, -0.15) is 0 Å². The molecule has 2 aliphatic rings. The highest BCUT2D eigenvalue weighted by molar-refractivity contribution is 5.70. The first-order chi connectivity index (χ1) is 5.86. The minimum absolute atomic E-state index is 0.0261. The Balaban J connectivity index is 1.99. The van der Waals surface area contributed by atoms with Gasteiger partial charge in [0.2, 0.25) is 0 Å². The molecule has 2 fully saturated rings. The summed E-state index contributed by atoms with van der Waals surface area (Å²) in [6.07, 6.45) is 8.28. The highest BCUT2D eigenvalue weighted by Crippen LogP contribution is 2.32. The standard InChI is InChI=1S/C10H16O2/c11-10-7-6-8-4-2-1-3-5-9(8)12-10/h8-9H,1-7H2/t8-,9+/m0/s1. The van der Waals surface area contributed by atoms with Crippen LogP contribution in [0.25, 0.3) is 0 Å². The molecule has 2 atom stereocenters. The Labute approximate surface area is 73.3 Å². The van der Waals surface area contributed by atoms with Crippen molar-refractivity contribution in [2.75, 3.05) is 0 Å². The van der Waals surface area contributed by atoms with Gasteiger partial charge in [-0.15, -0.1) is 0 Å². The second-order valence-electron chi connectivity index (χ2n) is 3.97. The van der Waals surface area contributed by atoms with E-state index in [0.717, 1.165) is 12.8 Å². The lowest BCUT2D eigenvalue weighted by molar-refractivity contribution is -0.158. The van der Waals surface area contributed by atoms with Gasteiger partial charge in [-0.3, -0.25) is 4.79 Å². The summed E-state index contributed by atoms with van der Waals surface area (Å²) in [6, 6.07) is 0. The number of hydrogen-bond acceptors (Lipinski definition) is 2. The monoisotopic (exact) mass is 168 g/mol. The molecule has 1 aliphatic heterocycles. The van der Waals surface area contributed by atoms with Crippen LogP contribution in [0.15, 0.2) is 0 Å². The van der Waals surface area contributed by atoms with Crippen molar-refractivity contribution >= 4 is 5.97 Å². The van der Waals surface area contributed by atoms with Crippen LogP contribution in [0.1, 0.15) is 44.9 Å². The lowest BCUT2D eigenvalue weighted by Gasteiger charge is -2.29. The molecular weight excluding hydrogens is 152 g/mol. The van der Waals surface area contributed by atoms with E-state index in [0.29, 0.717) is 12.3 Å². The third-order valence-electron chi connectivity index (χ3n) is 3.09. The molecule has 2 nitrogen and oxygen atoms in total. The first-order valence-electron chi connectivity index (χ1n) is 5.06. The molecule has 1 saturated heterocycles. The summed E-state index contributed by atoms with van der Waals surface area (Å²) in [4.78, 5) is 11.0. The minimum atomic E-state index is 0.0261. The van der Waals surface area contributed by atoms with Crippen molar-refractivity contribution in [2.24, 2.45) is 5.92 Å². The zero-order valence-electron chi connectivity index (χ0n) is 7.42. The Hall–Kier alpha value is -0.530. The number of esters is 1. The summed E-state index contributed by atoms with van der Waals surface area (Å²) in [5, 5.41) is 0. The van der Waals surface area contributed by atoms with E-state index in [-0.39, 0.29) is 12.1 Å². The molecule has 0 aromatic heterocycles. The molecule has 1 saturated carbocycles. The van der Waals surface area contributed by atoms with Crippen LogP contribution in [0.2, 0.25) is 0 Å². The topological polar surface area (TPSA) is 26.3 Å². The molecule has 2 rings (SSSR count). The van der Waals surface area contributed by atoms with Gasteiger partial charge in [0.05, 0.1) is 0 Å². The van der Waals surface area contributed by atoms with Gasteiger partial charge in [0.1, 0.15) is 6.10 Å². The van der Waals surface area contributed by atoms with Gasteiger partial charge in [-0.1, -0.05) is 12.8 Å². The first-order valence-corrected chi connectivity index (χ1v) is 5.06. The zero-order chi connectivity index (χ0) is 8.39. The maximum atomic E-state index is 11.0. The van der Waals surface area contributed by atoms with Crippen LogP contribution in [0.5, 0.6) is 0 Å².